The molecule has 0 aromatic heterocycles. The molecule has 0 unspecified atom stereocenters. The summed E-state index contributed by atoms with van der Waals surface area (Å²) < 4.78 is 5.05. The number of nitrogens with zero attached hydrogens (tertiary/aromatic N) is 1. The van der Waals surface area contributed by atoms with Crippen molar-refractivity contribution in [1.29, 1.82) is 0 Å². The Bertz CT molecular complexity index is 383. The molecule has 0 aliphatic rings. The van der Waals surface area contributed by atoms with Crippen molar-refractivity contribution in [2.24, 2.45) is 10.4 Å². The van der Waals surface area contributed by atoms with E-state index in [0.29, 0.717) is 6.54 Å². The van der Waals surface area contributed by atoms with Crippen LogP contribution < -0.4 is 47.6 Å². The Hall–Kier alpha value is -0.315. The SMILES string of the molecule is COc1c[c-]c(CCN=C([O-])C(C)(C)C)cc1.[Li+].[Li+]. The van der Waals surface area contributed by atoms with E-state index >= 15 is 0 Å². The van der Waals surface area contributed by atoms with Crippen molar-refractivity contribution in [2.75, 3.05) is 13.7 Å². The summed E-state index contributed by atoms with van der Waals surface area (Å²) in [7, 11) is 1.63. The summed E-state index contributed by atoms with van der Waals surface area (Å²) in [6, 6.07) is 8.72. The van der Waals surface area contributed by atoms with Crippen LogP contribution in [0.2, 0.25) is 0 Å². The fraction of sp³-hybridized carbons (Fsp3) is 0.500. The average Bonchev–Trinajstić information content (AvgIpc) is 2.28. The summed E-state index contributed by atoms with van der Waals surface area (Å²) in [5, 5.41) is 11.6. The number of hydrogen-bond acceptors (Lipinski definition) is 3. The maximum atomic E-state index is 11.6. The smallest absolute Gasteiger partial charge is 0.862 e. The molecule has 1 aromatic rings. The first-order valence-electron chi connectivity index (χ1n) is 5.70. The van der Waals surface area contributed by atoms with Gasteiger partial charge in [-0.1, -0.05) is 20.8 Å². The molecular weight excluding hydrogens is 228 g/mol. The molecular formula is C14H19Li2NO2. The van der Waals surface area contributed by atoms with E-state index in [1.165, 1.54) is 0 Å². The topological polar surface area (TPSA) is 44.6 Å². The molecule has 0 aliphatic heterocycles. The zero-order valence-electron chi connectivity index (χ0n) is 12.9. The van der Waals surface area contributed by atoms with Crippen LogP contribution in [0.15, 0.2) is 23.2 Å². The van der Waals surface area contributed by atoms with Crippen LogP contribution in [0.5, 0.6) is 5.75 Å². The van der Waals surface area contributed by atoms with Gasteiger partial charge < -0.3 is 14.8 Å². The van der Waals surface area contributed by atoms with Gasteiger partial charge in [0.15, 0.2) is 0 Å². The first-order valence-corrected chi connectivity index (χ1v) is 5.70. The molecule has 19 heavy (non-hydrogen) atoms. The number of methoxy groups -OCH3 is 1. The molecule has 3 nitrogen and oxygen atoms in total. The third kappa shape index (κ3) is 7.76. The number of ether oxygens (including phenoxy) is 1. The van der Waals surface area contributed by atoms with E-state index in [2.05, 4.69) is 11.1 Å². The Morgan fingerprint density at radius 2 is 1.95 bits per heavy atom. The molecule has 0 aliphatic carbocycles. The Balaban J connectivity index is 0. The van der Waals surface area contributed by atoms with E-state index in [9.17, 15) is 5.11 Å². The second kappa shape index (κ2) is 9.57. The number of hydrogen-bond donors (Lipinski definition) is 0. The number of benzene rings is 1. The van der Waals surface area contributed by atoms with Gasteiger partial charge in [-0.3, -0.25) is 0 Å². The molecule has 0 saturated heterocycles. The third-order valence-corrected chi connectivity index (χ3v) is 2.36. The van der Waals surface area contributed by atoms with Gasteiger partial charge in [-0.05, 0) is 17.7 Å². The minimum absolute atomic E-state index is 0. The fourth-order valence-corrected chi connectivity index (χ4v) is 1.24. The summed E-state index contributed by atoms with van der Waals surface area (Å²) in [5.41, 5.74) is 0.653. The van der Waals surface area contributed by atoms with Crippen LogP contribution in [0.3, 0.4) is 0 Å². The number of aliphatic imine (C=N–C) groups is 1. The number of rotatable bonds is 4. The summed E-state index contributed by atoms with van der Waals surface area (Å²) in [6.07, 6.45) is 0.728. The predicted octanol–water partition coefficient (Wildman–Crippen LogP) is -4.15. The van der Waals surface area contributed by atoms with Crippen LogP contribution in [0.25, 0.3) is 0 Å². The van der Waals surface area contributed by atoms with E-state index in [1.54, 1.807) is 13.2 Å². The van der Waals surface area contributed by atoms with Crippen molar-refractivity contribution in [1.82, 2.24) is 0 Å². The van der Waals surface area contributed by atoms with Crippen LogP contribution in [-0.2, 0) is 6.42 Å². The fourth-order valence-electron chi connectivity index (χ4n) is 1.24. The summed E-state index contributed by atoms with van der Waals surface area (Å²) >= 11 is 0. The molecule has 0 amide bonds. The second-order valence-corrected chi connectivity index (χ2v) is 4.94. The van der Waals surface area contributed by atoms with E-state index in [-0.39, 0.29) is 49.0 Å². The maximum absolute atomic E-state index is 11.6. The van der Waals surface area contributed by atoms with Gasteiger partial charge in [-0.15, -0.1) is 12.1 Å². The zero-order chi connectivity index (χ0) is 12.9. The molecule has 0 saturated carbocycles. The van der Waals surface area contributed by atoms with E-state index in [1.807, 2.05) is 32.9 Å². The molecule has 5 heteroatoms. The average molecular weight is 247 g/mol. The monoisotopic (exact) mass is 247 g/mol. The van der Waals surface area contributed by atoms with Crippen LogP contribution in [-0.4, -0.2) is 19.6 Å². The van der Waals surface area contributed by atoms with Crippen molar-refractivity contribution in [2.45, 2.75) is 27.2 Å². The Kier molecular flexibility index (Phi) is 10.6. The van der Waals surface area contributed by atoms with Crippen molar-refractivity contribution in [3.63, 3.8) is 0 Å². The molecule has 94 valence electrons. The second-order valence-electron chi connectivity index (χ2n) is 4.94. The molecule has 0 radical (unpaired) electrons. The summed E-state index contributed by atoms with van der Waals surface area (Å²) in [4.78, 5) is 4.04. The molecule has 0 spiro atoms. The van der Waals surface area contributed by atoms with Crippen LogP contribution in [0.4, 0.5) is 0 Å². The molecule has 1 aromatic carbocycles. The molecule has 0 N–H and O–H groups in total. The van der Waals surface area contributed by atoms with Gasteiger partial charge in [0.2, 0.25) is 0 Å². The predicted molar refractivity (Wildman–Crippen MR) is 67.3 cm³/mol. The van der Waals surface area contributed by atoms with Gasteiger partial charge in [-0.25, -0.2) is 0 Å². The van der Waals surface area contributed by atoms with Crippen molar-refractivity contribution >= 4 is 5.90 Å². The van der Waals surface area contributed by atoms with Gasteiger partial charge in [0.05, 0.1) is 7.11 Å². The standard InChI is InChI=1S/C14H20NO2.2Li/c1-14(2,3)13(16)15-10-9-11-5-7-12(17-4)8-6-11;;/h5,7-8H,9-10H2,1-4H3,(H,15,16);;/q-1;2*+1/p-1. The minimum atomic E-state index is -0.385. The molecule has 0 bridgehead atoms. The van der Waals surface area contributed by atoms with Gasteiger partial charge in [-0.2, -0.15) is 17.7 Å². The summed E-state index contributed by atoms with van der Waals surface area (Å²) in [5.74, 6) is 0.738. The van der Waals surface area contributed by atoms with Gasteiger partial charge >= 0.3 is 37.7 Å². The van der Waals surface area contributed by atoms with E-state index in [4.69, 9.17) is 4.74 Å². The first-order chi connectivity index (χ1) is 7.93. The van der Waals surface area contributed by atoms with Crippen molar-refractivity contribution in [3.05, 3.63) is 29.8 Å². The molecule has 0 heterocycles. The third-order valence-electron chi connectivity index (χ3n) is 2.36. The van der Waals surface area contributed by atoms with E-state index in [0.717, 1.165) is 17.7 Å². The Labute approximate surface area is 140 Å². The normalized spacial score (nSPS) is 11.3. The largest absolute Gasteiger partial charge is 1.00 e. The minimum Gasteiger partial charge on any atom is -0.862 e. The molecule has 1 rings (SSSR count). The van der Waals surface area contributed by atoms with Crippen molar-refractivity contribution < 1.29 is 47.6 Å². The van der Waals surface area contributed by atoms with Crippen LogP contribution >= 0.6 is 0 Å². The molecule has 0 atom stereocenters. The quantitative estimate of drug-likeness (QED) is 0.235. The summed E-state index contributed by atoms with van der Waals surface area (Å²) in [6.45, 7) is 6.13. The zero-order valence-corrected chi connectivity index (χ0v) is 12.9. The van der Waals surface area contributed by atoms with E-state index < -0.39 is 0 Å². The molecule has 0 fully saturated rings. The van der Waals surface area contributed by atoms with Crippen molar-refractivity contribution in [3.8, 4) is 5.75 Å². The van der Waals surface area contributed by atoms with Crippen LogP contribution in [0.1, 0.15) is 26.3 Å². The van der Waals surface area contributed by atoms with Crippen LogP contribution in [0, 0.1) is 11.5 Å². The Morgan fingerprint density at radius 1 is 1.32 bits per heavy atom. The Morgan fingerprint density at radius 3 is 2.37 bits per heavy atom. The van der Waals surface area contributed by atoms with Gasteiger partial charge in [0.25, 0.3) is 0 Å². The maximum Gasteiger partial charge on any atom is 1.00 e. The van der Waals surface area contributed by atoms with Gasteiger partial charge in [0, 0.05) is 12.3 Å². The first kappa shape index (κ1) is 21.0. The van der Waals surface area contributed by atoms with Gasteiger partial charge in [0.1, 0.15) is 0 Å².